The Kier molecular flexibility index (Phi) is 2.05. The Morgan fingerprint density at radius 3 is 2.77 bits per heavy atom. The average Bonchev–Trinajstić information content (AvgIpc) is 2.74. The summed E-state index contributed by atoms with van der Waals surface area (Å²) in [5.41, 5.74) is 0. The minimum atomic E-state index is 0.339. The van der Waals surface area contributed by atoms with E-state index in [0.29, 0.717) is 5.92 Å². The van der Waals surface area contributed by atoms with Crippen LogP contribution in [0.15, 0.2) is 12.7 Å². The molecule has 0 atom stereocenters. The molecule has 2 rings (SSSR count). The van der Waals surface area contributed by atoms with Crippen molar-refractivity contribution in [3.8, 4) is 5.13 Å². The van der Waals surface area contributed by atoms with Crippen molar-refractivity contribution in [1.82, 2.24) is 24.1 Å². The molecule has 0 aliphatic rings. The lowest BCUT2D eigenvalue weighted by atomic mass is 10.2. The minimum absolute atomic E-state index is 0.339. The molecule has 0 spiro atoms. The van der Waals surface area contributed by atoms with Crippen molar-refractivity contribution in [2.45, 2.75) is 19.8 Å². The topological polar surface area (TPSA) is 56.5 Å². The van der Waals surface area contributed by atoms with E-state index >= 15 is 0 Å². The highest BCUT2D eigenvalue weighted by Gasteiger charge is 2.11. The highest BCUT2D eigenvalue weighted by molar-refractivity contribution is 7.07. The largest absolute Gasteiger partial charge is 0.231 e. The summed E-state index contributed by atoms with van der Waals surface area (Å²) in [5.74, 6) is 1.25. The molecule has 0 saturated heterocycles. The first-order valence-corrected chi connectivity index (χ1v) is 4.73. The van der Waals surface area contributed by atoms with Gasteiger partial charge in [0.25, 0.3) is 0 Å². The second-order valence-corrected chi connectivity index (χ2v) is 3.67. The van der Waals surface area contributed by atoms with E-state index in [0.717, 1.165) is 11.0 Å². The maximum absolute atomic E-state index is 4.16. The van der Waals surface area contributed by atoms with Crippen molar-refractivity contribution in [2.24, 2.45) is 0 Å². The van der Waals surface area contributed by atoms with Crippen LogP contribution in [0.25, 0.3) is 5.13 Å². The summed E-state index contributed by atoms with van der Waals surface area (Å²) in [4.78, 5) is 8.23. The number of nitrogens with zero attached hydrogens (tertiary/aromatic N) is 5. The van der Waals surface area contributed by atoms with Crippen molar-refractivity contribution in [3.63, 3.8) is 0 Å². The van der Waals surface area contributed by atoms with Gasteiger partial charge in [-0.25, -0.2) is 9.97 Å². The molecule has 13 heavy (non-hydrogen) atoms. The molecule has 0 bridgehead atoms. The van der Waals surface area contributed by atoms with Crippen LogP contribution in [0.1, 0.15) is 25.6 Å². The maximum atomic E-state index is 4.16. The number of rotatable bonds is 2. The van der Waals surface area contributed by atoms with Crippen LogP contribution in [-0.2, 0) is 0 Å². The van der Waals surface area contributed by atoms with Gasteiger partial charge >= 0.3 is 0 Å². The third kappa shape index (κ3) is 1.44. The zero-order valence-corrected chi connectivity index (χ0v) is 8.19. The van der Waals surface area contributed by atoms with Gasteiger partial charge < -0.3 is 0 Å². The summed E-state index contributed by atoms with van der Waals surface area (Å²) < 4.78 is 5.65. The van der Waals surface area contributed by atoms with Crippen molar-refractivity contribution < 1.29 is 0 Å². The van der Waals surface area contributed by atoms with Crippen LogP contribution >= 0.6 is 11.5 Å². The van der Waals surface area contributed by atoms with Crippen LogP contribution in [0.3, 0.4) is 0 Å². The molecule has 2 aromatic heterocycles. The summed E-state index contributed by atoms with van der Waals surface area (Å²) in [6.45, 7) is 4.14. The Bertz CT molecular complexity index is 377. The number of hydrogen-bond acceptors (Lipinski definition) is 5. The van der Waals surface area contributed by atoms with Gasteiger partial charge in [0.2, 0.25) is 5.13 Å². The van der Waals surface area contributed by atoms with Crippen LogP contribution in [0, 0.1) is 0 Å². The van der Waals surface area contributed by atoms with E-state index < -0.39 is 0 Å². The van der Waals surface area contributed by atoms with Gasteiger partial charge in [0.05, 0.1) is 0 Å². The molecular formula is C7H9N5S. The van der Waals surface area contributed by atoms with Crippen LogP contribution in [0.5, 0.6) is 0 Å². The van der Waals surface area contributed by atoms with Gasteiger partial charge in [0.1, 0.15) is 18.5 Å². The first kappa shape index (κ1) is 8.31. The normalized spacial score (nSPS) is 11.0. The van der Waals surface area contributed by atoms with E-state index in [9.17, 15) is 0 Å². The summed E-state index contributed by atoms with van der Waals surface area (Å²) in [6, 6.07) is 0. The van der Waals surface area contributed by atoms with Crippen molar-refractivity contribution in [3.05, 3.63) is 18.5 Å². The number of hydrogen-bond donors (Lipinski definition) is 0. The quantitative estimate of drug-likeness (QED) is 0.723. The van der Waals surface area contributed by atoms with E-state index in [2.05, 4.69) is 33.3 Å². The fraction of sp³-hybridized carbons (Fsp3) is 0.429. The molecule has 68 valence electrons. The monoisotopic (exact) mass is 195 g/mol. The lowest BCUT2D eigenvalue weighted by Gasteiger charge is -2.03. The zero-order valence-electron chi connectivity index (χ0n) is 7.38. The molecule has 0 aliphatic heterocycles. The molecular weight excluding hydrogens is 186 g/mol. The Labute approximate surface area is 79.6 Å². The van der Waals surface area contributed by atoms with E-state index in [1.54, 1.807) is 4.68 Å². The second-order valence-electron chi connectivity index (χ2n) is 2.91. The van der Waals surface area contributed by atoms with E-state index in [-0.39, 0.29) is 0 Å². The molecule has 0 fully saturated rings. The molecule has 0 aromatic carbocycles. The van der Waals surface area contributed by atoms with Crippen molar-refractivity contribution >= 4 is 11.5 Å². The lowest BCUT2D eigenvalue weighted by molar-refractivity contribution is 0.711. The molecule has 0 N–H and O–H groups in total. The first-order valence-electron chi connectivity index (χ1n) is 3.96. The summed E-state index contributed by atoms with van der Waals surface area (Å²) >= 11 is 1.31. The van der Waals surface area contributed by atoms with Crippen LogP contribution < -0.4 is 0 Å². The second kappa shape index (κ2) is 3.21. The van der Waals surface area contributed by atoms with E-state index in [1.165, 1.54) is 24.2 Å². The van der Waals surface area contributed by atoms with Gasteiger partial charge in [0.15, 0.2) is 0 Å². The van der Waals surface area contributed by atoms with E-state index in [1.807, 2.05) is 0 Å². The predicted molar refractivity (Wildman–Crippen MR) is 48.9 cm³/mol. The van der Waals surface area contributed by atoms with Crippen LogP contribution in [0.4, 0.5) is 0 Å². The third-order valence-electron chi connectivity index (χ3n) is 1.62. The number of aromatic nitrogens is 5. The molecule has 0 unspecified atom stereocenters. The van der Waals surface area contributed by atoms with Crippen LogP contribution in [0.2, 0.25) is 0 Å². The Morgan fingerprint density at radius 1 is 1.31 bits per heavy atom. The molecule has 0 amide bonds. The molecule has 2 aromatic rings. The molecule has 6 heteroatoms. The third-order valence-corrected chi connectivity index (χ3v) is 2.26. The highest BCUT2D eigenvalue weighted by atomic mass is 32.1. The standard InChI is InChI=1S/C7H9N5S/c1-5(2)6-8-3-10-12(6)7-9-4-11-13-7/h3-5H,1-2H3. The first-order chi connectivity index (χ1) is 6.29. The Morgan fingerprint density at radius 2 is 2.15 bits per heavy atom. The summed E-state index contributed by atoms with van der Waals surface area (Å²) in [6.07, 6.45) is 3.06. The Balaban J connectivity index is 2.46. The average molecular weight is 195 g/mol. The van der Waals surface area contributed by atoms with E-state index in [4.69, 9.17) is 0 Å². The molecule has 5 nitrogen and oxygen atoms in total. The van der Waals surface area contributed by atoms with Crippen molar-refractivity contribution in [2.75, 3.05) is 0 Å². The van der Waals surface area contributed by atoms with Gasteiger partial charge in [-0.1, -0.05) is 13.8 Å². The van der Waals surface area contributed by atoms with Gasteiger partial charge in [-0.15, -0.1) is 0 Å². The maximum Gasteiger partial charge on any atom is 0.231 e. The molecule has 0 saturated carbocycles. The van der Waals surface area contributed by atoms with Gasteiger partial charge in [-0.2, -0.15) is 14.2 Å². The van der Waals surface area contributed by atoms with Crippen molar-refractivity contribution in [1.29, 1.82) is 0 Å². The summed E-state index contributed by atoms with van der Waals surface area (Å²) in [7, 11) is 0. The molecule has 0 radical (unpaired) electrons. The Hall–Kier alpha value is -1.30. The SMILES string of the molecule is CC(C)c1ncnn1-c1ncns1. The molecule has 2 heterocycles. The smallest absolute Gasteiger partial charge is 0.219 e. The van der Waals surface area contributed by atoms with Gasteiger partial charge in [0, 0.05) is 17.5 Å². The lowest BCUT2D eigenvalue weighted by Crippen LogP contribution is -2.03. The zero-order chi connectivity index (χ0) is 9.26. The highest BCUT2D eigenvalue weighted by Crippen LogP contribution is 2.15. The predicted octanol–water partition coefficient (Wildman–Crippen LogP) is 1.24. The fourth-order valence-electron chi connectivity index (χ4n) is 1.05. The van der Waals surface area contributed by atoms with Gasteiger partial charge in [-0.05, 0) is 0 Å². The van der Waals surface area contributed by atoms with Crippen LogP contribution in [-0.4, -0.2) is 24.1 Å². The molecule has 0 aliphatic carbocycles. The minimum Gasteiger partial charge on any atom is -0.219 e. The summed E-state index contributed by atoms with van der Waals surface area (Å²) in [5, 5.41) is 4.86. The fourth-order valence-corrected chi connectivity index (χ4v) is 1.55. The van der Waals surface area contributed by atoms with Gasteiger partial charge in [-0.3, -0.25) is 0 Å².